The average Bonchev–Trinajstić information content (AvgIpc) is 3.20. The summed E-state index contributed by atoms with van der Waals surface area (Å²) in [5.41, 5.74) is 3.42. The first kappa shape index (κ1) is 14.1. The quantitative estimate of drug-likeness (QED) is 0.824. The van der Waals surface area contributed by atoms with E-state index >= 15 is 0 Å². The van der Waals surface area contributed by atoms with Gasteiger partial charge in [-0.25, -0.2) is 0 Å². The minimum atomic E-state index is 0.387. The van der Waals surface area contributed by atoms with Gasteiger partial charge in [0.05, 0.1) is 0 Å². The van der Waals surface area contributed by atoms with Gasteiger partial charge in [0.1, 0.15) is 0 Å². The van der Waals surface area contributed by atoms with E-state index in [4.69, 9.17) is 0 Å². The van der Waals surface area contributed by atoms with Crippen LogP contribution >= 0.6 is 0 Å². The lowest BCUT2D eigenvalue weighted by Crippen LogP contribution is -2.41. The average molecular weight is 271 g/mol. The zero-order valence-corrected chi connectivity index (χ0v) is 13.3. The molecule has 1 aromatic rings. The zero-order valence-electron chi connectivity index (χ0n) is 13.3. The fraction of sp³-hybridized carbons (Fsp3) is 0.684. The molecule has 0 radical (unpaired) electrons. The minimum Gasteiger partial charge on any atom is -0.313 e. The molecule has 2 unspecified atom stereocenters. The molecular weight excluding hydrogens is 242 g/mol. The van der Waals surface area contributed by atoms with Crippen LogP contribution in [0.15, 0.2) is 24.3 Å². The van der Waals surface area contributed by atoms with Crippen LogP contribution in [0.5, 0.6) is 0 Å². The SMILES string of the molecule is CC(C)c1ccc(C2(CNC3CC3)CCCC2C)cc1. The highest BCUT2D eigenvalue weighted by atomic mass is 15.0. The van der Waals surface area contributed by atoms with Crippen LogP contribution in [-0.2, 0) is 5.41 Å². The van der Waals surface area contributed by atoms with Crippen LogP contribution in [0.2, 0.25) is 0 Å². The number of benzene rings is 1. The van der Waals surface area contributed by atoms with E-state index in [1.165, 1.54) is 44.2 Å². The highest BCUT2D eigenvalue weighted by molar-refractivity contribution is 5.33. The Morgan fingerprint density at radius 1 is 1.15 bits per heavy atom. The summed E-state index contributed by atoms with van der Waals surface area (Å²) in [4.78, 5) is 0. The normalized spacial score (nSPS) is 30.1. The van der Waals surface area contributed by atoms with E-state index in [0.29, 0.717) is 11.3 Å². The van der Waals surface area contributed by atoms with E-state index in [0.717, 1.165) is 12.0 Å². The van der Waals surface area contributed by atoms with Crippen LogP contribution in [0.3, 0.4) is 0 Å². The first-order valence-corrected chi connectivity index (χ1v) is 8.45. The molecule has 2 fully saturated rings. The van der Waals surface area contributed by atoms with Crippen molar-refractivity contribution in [2.75, 3.05) is 6.54 Å². The van der Waals surface area contributed by atoms with Gasteiger partial charge in [0.2, 0.25) is 0 Å². The Kier molecular flexibility index (Phi) is 3.90. The van der Waals surface area contributed by atoms with Crippen LogP contribution in [0.4, 0.5) is 0 Å². The van der Waals surface area contributed by atoms with Crippen molar-refractivity contribution in [2.45, 2.75) is 70.3 Å². The molecule has 0 aliphatic heterocycles. The first-order valence-electron chi connectivity index (χ1n) is 8.45. The fourth-order valence-corrected chi connectivity index (χ4v) is 3.85. The Balaban J connectivity index is 1.83. The predicted octanol–water partition coefficient (Wildman–Crippen LogP) is 4.62. The topological polar surface area (TPSA) is 12.0 Å². The molecule has 3 rings (SSSR count). The van der Waals surface area contributed by atoms with Gasteiger partial charge in [0.15, 0.2) is 0 Å². The number of rotatable bonds is 5. The van der Waals surface area contributed by atoms with Gasteiger partial charge in [0.25, 0.3) is 0 Å². The Morgan fingerprint density at radius 2 is 1.85 bits per heavy atom. The second-order valence-corrected chi connectivity index (χ2v) is 7.38. The van der Waals surface area contributed by atoms with Crippen molar-refractivity contribution in [2.24, 2.45) is 5.92 Å². The number of nitrogens with one attached hydrogen (secondary N) is 1. The lowest BCUT2D eigenvalue weighted by molar-refractivity contribution is 0.316. The van der Waals surface area contributed by atoms with Crippen molar-refractivity contribution in [3.05, 3.63) is 35.4 Å². The van der Waals surface area contributed by atoms with Gasteiger partial charge in [-0.05, 0) is 48.6 Å². The lowest BCUT2D eigenvalue weighted by Gasteiger charge is -2.35. The third-order valence-corrected chi connectivity index (χ3v) is 5.64. The van der Waals surface area contributed by atoms with Crippen LogP contribution in [0.25, 0.3) is 0 Å². The van der Waals surface area contributed by atoms with Crippen molar-refractivity contribution in [1.82, 2.24) is 5.32 Å². The Hall–Kier alpha value is -0.820. The molecule has 0 spiro atoms. The molecular formula is C19H29N. The third-order valence-electron chi connectivity index (χ3n) is 5.64. The molecule has 0 aromatic heterocycles. The Bertz CT molecular complexity index is 443. The summed E-state index contributed by atoms with van der Waals surface area (Å²) in [6.07, 6.45) is 6.90. The molecule has 0 saturated heterocycles. The molecule has 2 aliphatic carbocycles. The molecule has 2 saturated carbocycles. The monoisotopic (exact) mass is 271 g/mol. The molecule has 2 atom stereocenters. The van der Waals surface area contributed by atoms with Crippen LogP contribution < -0.4 is 5.32 Å². The van der Waals surface area contributed by atoms with E-state index in [1.54, 1.807) is 5.56 Å². The van der Waals surface area contributed by atoms with Gasteiger partial charge in [-0.15, -0.1) is 0 Å². The molecule has 20 heavy (non-hydrogen) atoms. The zero-order chi connectivity index (χ0) is 14.2. The molecule has 0 bridgehead atoms. The number of hydrogen-bond donors (Lipinski definition) is 1. The largest absolute Gasteiger partial charge is 0.313 e. The molecule has 1 heteroatoms. The molecule has 0 heterocycles. The van der Waals surface area contributed by atoms with Gasteiger partial charge < -0.3 is 5.32 Å². The van der Waals surface area contributed by atoms with Crippen LogP contribution in [-0.4, -0.2) is 12.6 Å². The molecule has 110 valence electrons. The summed E-state index contributed by atoms with van der Waals surface area (Å²) in [6.45, 7) is 8.19. The smallest absolute Gasteiger partial charge is 0.0103 e. The maximum absolute atomic E-state index is 3.81. The summed E-state index contributed by atoms with van der Waals surface area (Å²) in [6, 6.07) is 10.3. The summed E-state index contributed by atoms with van der Waals surface area (Å²) < 4.78 is 0. The van der Waals surface area contributed by atoms with Gasteiger partial charge in [-0.1, -0.05) is 51.5 Å². The van der Waals surface area contributed by atoms with Crippen molar-refractivity contribution in [3.8, 4) is 0 Å². The first-order chi connectivity index (χ1) is 9.62. The van der Waals surface area contributed by atoms with E-state index in [1.807, 2.05) is 0 Å². The van der Waals surface area contributed by atoms with Gasteiger partial charge in [0, 0.05) is 18.0 Å². The highest BCUT2D eigenvalue weighted by Crippen LogP contribution is 2.45. The van der Waals surface area contributed by atoms with Crippen molar-refractivity contribution in [3.63, 3.8) is 0 Å². The van der Waals surface area contributed by atoms with E-state index in [-0.39, 0.29) is 0 Å². The second-order valence-electron chi connectivity index (χ2n) is 7.38. The van der Waals surface area contributed by atoms with E-state index < -0.39 is 0 Å². The number of hydrogen-bond acceptors (Lipinski definition) is 1. The van der Waals surface area contributed by atoms with Crippen molar-refractivity contribution >= 4 is 0 Å². The molecule has 0 amide bonds. The molecule has 1 nitrogen and oxygen atoms in total. The van der Waals surface area contributed by atoms with Gasteiger partial charge >= 0.3 is 0 Å². The maximum atomic E-state index is 3.81. The standard InChI is InChI=1S/C19H29N/c1-14(2)16-6-8-17(9-7-16)19(12-4-5-15(19)3)13-20-18-10-11-18/h6-9,14-15,18,20H,4-5,10-13H2,1-3H3. The van der Waals surface area contributed by atoms with Crippen LogP contribution in [0, 0.1) is 5.92 Å². The highest BCUT2D eigenvalue weighted by Gasteiger charge is 2.42. The van der Waals surface area contributed by atoms with Crippen molar-refractivity contribution < 1.29 is 0 Å². The third kappa shape index (κ3) is 2.65. The fourth-order valence-electron chi connectivity index (χ4n) is 3.85. The maximum Gasteiger partial charge on any atom is 0.0103 e. The van der Waals surface area contributed by atoms with Crippen LogP contribution in [0.1, 0.15) is 69.9 Å². The lowest BCUT2D eigenvalue weighted by atomic mass is 9.72. The molecule has 2 aliphatic rings. The molecule has 1 N–H and O–H groups in total. The van der Waals surface area contributed by atoms with E-state index in [2.05, 4.69) is 50.4 Å². The predicted molar refractivity (Wildman–Crippen MR) is 86.2 cm³/mol. The second kappa shape index (κ2) is 5.52. The van der Waals surface area contributed by atoms with Gasteiger partial charge in [-0.2, -0.15) is 0 Å². The van der Waals surface area contributed by atoms with Gasteiger partial charge in [-0.3, -0.25) is 0 Å². The van der Waals surface area contributed by atoms with Crippen molar-refractivity contribution in [1.29, 1.82) is 0 Å². The minimum absolute atomic E-state index is 0.387. The summed E-state index contributed by atoms with van der Waals surface area (Å²) in [5.74, 6) is 1.43. The summed E-state index contributed by atoms with van der Waals surface area (Å²) in [5, 5.41) is 3.81. The summed E-state index contributed by atoms with van der Waals surface area (Å²) in [7, 11) is 0. The Morgan fingerprint density at radius 3 is 2.35 bits per heavy atom. The summed E-state index contributed by atoms with van der Waals surface area (Å²) >= 11 is 0. The molecule has 1 aromatic carbocycles. The Labute approximate surface area is 124 Å². The van der Waals surface area contributed by atoms with E-state index in [9.17, 15) is 0 Å².